The molecule has 200 valence electrons. The third kappa shape index (κ3) is 6.35. The molecule has 0 radical (unpaired) electrons. The number of carbonyl (C=O) groups excluding carboxylic acids is 2. The molecule has 3 aromatic carbocycles. The molecular weight excluding hydrogens is 508 g/mol. The minimum atomic E-state index is -4.24. The lowest BCUT2D eigenvalue weighted by Crippen LogP contribution is -2.51. The van der Waals surface area contributed by atoms with Crippen molar-refractivity contribution in [1.29, 1.82) is 0 Å². The fraction of sp³-hybridized carbons (Fsp3) is 0.259. The Labute approximate surface area is 222 Å². The van der Waals surface area contributed by atoms with Crippen molar-refractivity contribution in [3.05, 3.63) is 100 Å². The summed E-state index contributed by atoms with van der Waals surface area (Å²) in [5.41, 5.74) is 1.60. The molecule has 3 aromatic rings. The second-order valence-electron chi connectivity index (χ2n) is 8.58. The lowest BCUT2D eigenvalue weighted by atomic mass is 10.1. The summed E-state index contributed by atoms with van der Waals surface area (Å²) in [6, 6.07) is 19.1. The van der Waals surface area contributed by atoms with E-state index in [1.165, 1.54) is 48.3 Å². The molecule has 1 N–H and O–H groups in total. The summed E-state index contributed by atoms with van der Waals surface area (Å²) in [5.74, 6) is -0.969. The van der Waals surface area contributed by atoms with Crippen LogP contribution in [0.2, 0.25) is 0 Å². The molecule has 0 spiro atoms. The van der Waals surface area contributed by atoms with E-state index < -0.39 is 33.4 Å². The van der Waals surface area contributed by atoms with Crippen molar-refractivity contribution in [3.63, 3.8) is 0 Å². The van der Waals surface area contributed by atoms with Gasteiger partial charge in [-0.1, -0.05) is 49.4 Å². The van der Waals surface area contributed by atoms with Crippen LogP contribution < -0.4 is 9.62 Å². The first kappa shape index (κ1) is 28.3. The Morgan fingerprint density at radius 2 is 1.58 bits per heavy atom. The number of nitro groups is 1. The molecule has 0 aliphatic rings. The molecule has 0 aromatic heterocycles. The second-order valence-corrected chi connectivity index (χ2v) is 10.4. The Kier molecular flexibility index (Phi) is 9.19. The smallest absolute Gasteiger partial charge is 0.269 e. The summed E-state index contributed by atoms with van der Waals surface area (Å²) >= 11 is 0. The standard InChI is InChI=1S/C27H30N4O6S/c1-4-25(27(33)28-3)29(18-21-11-9-8-10-20(21)2)26(32)19-30(22-14-16-23(17-15-22)31(34)35)38(36,37)24-12-6-5-7-13-24/h5-17,25H,4,18-19H2,1-3H3,(H,28,33)/t25-/m0/s1. The van der Waals surface area contributed by atoms with Crippen LogP contribution in [0, 0.1) is 17.0 Å². The van der Waals surface area contributed by atoms with Crippen LogP contribution in [-0.4, -0.2) is 49.7 Å². The van der Waals surface area contributed by atoms with Gasteiger partial charge < -0.3 is 10.2 Å². The summed E-state index contributed by atoms with van der Waals surface area (Å²) in [6.07, 6.45) is 0.306. The van der Waals surface area contributed by atoms with Crippen molar-refractivity contribution in [1.82, 2.24) is 10.2 Å². The van der Waals surface area contributed by atoms with Crippen LogP contribution in [0.1, 0.15) is 24.5 Å². The number of likely N-dealkylation sites (N-methyl/N-ethyl adjacent to an activating group) is 1. The number of benzene rings is 3. The number of anilines is 1. The van der Waals surface area contributed by atoms with E-state index in [2.05, 4.69) is 5.32 Å². The molecule has 2 amide bonds. The van der Waals surface area contributed by atoms with Crippen LogP contribution in [0.5, 0.6) is 0 Å². The van der Waals surface area contributed by atoms with Crippen molar-refractivity contribution in [2.24, 2.45) is 0 Å². The van der Waals surface area contributed by atoms with Gasteiger partial charge in [-0.3, -0.25) is 24.0 Å². The van der Waals surface area contributed by atoms with Crippen molar-refractivity contribution in [3.8, 4) is 0 Å². The van der Waals surface area contributed by atoms with Gasteiger partial charge in [0.2, 0.25) is 11.8 Å². The molecule has 0 saturated carbocycles. The lowest BCUT2D eigenvalue weighted by molar-refractivity contribution is -0.384. The fourth-order valence-corrected chi connectivity index (χ4v) is 5.48. The summed E-state index contributed by atoms with van der Waals surface area (Å²) < 4.78 is 28.3. The van der Waals surface area contributed by atoms with Gasteiger partial charge in [0.25, 0.3) is 15.7 Å². The predicted molar refractivity (Wildman–Crippen MR) is 144 cm³/mol. The minimum absolute atomic E-state index is 0.0463. The van der Waals surface area contributed by atoms with Gasteiger partial charge in [0, 0.05) is 25.7 Å². The fourth-order valence-electron chi connectivity index (χ4n) is 4.05. The van der Waals surface area contributed by atoms with E-state index >= 15 is 0 Å². The highest BCUT2D eigenvalue weighted by atomic mass is 32.2. The molecule has 3 rings (SSSR count). The van der Waals surface area contributed by atoms with E-state index in [1.54, 1.807) is 25.1 Å². The molecule has 0 fully saturated rings. The molecular formula is C27H30N4O6S. The number of aryl methyl sites for hydroxylation is 1. The highest BCUT2D eigenvalue weighted by Crippen LogP contribution is 2.27. The molecule has 0 heterocycles. The van der Waals surface area contributed by atoms with Crippen LogP contribution >= 0.6 is 0 Å². The topological polar surface area (TPSA) is 130 Å². The van der Waals surface area contributed by atoms with Gasteiger partial charge >= 0.3 is 0 Å². The molecule has 38 heavy (non-hydrogen) atoms. The number of non-ortho nitro benzene ring substituents is 1. The molecule has 11 heteroatoms. The summed E-state index contributed by atoms with van der Waals surface area (Å²) in [4.78, 5) is 38.5. The van der Waals surface area contributed by atoms with Gasteiger partial charge in [0.05, 0.1) is 15.5 Å². The number of nitrogens with zero attached hydrogens (tertiary/aromatic N) is 3. The van der Waals surface area contributed by atoms with Gasteiger partial charge in [-0.05, 0) is 48.7 Å². The van der Waals surface area contributed by atoms with Crippen LogP contribution in [0.15, 0.2) is 83.8 Å². The Bertz CT molecular complexity index is 1390. The average molecular weight is 539 g/mol. The zero-order valence-electron chi connectivity index (χ0n) is 21.4. The number of carbonyl (C=O) groups is 2. The number of rotatable bonds is 11. The zero-order valence-corrected chi connectivity index (χ0v) is 22.2. The number of nitrogens with one attached hydrogen (secondary N) is 1. The monoisotopic (exact) mass is 538 g/mol. The second kappa shape index (κ2) is 12.3. The van der Waals surface area contributed by atoms with E-state index in [9.17, 15) is 28.1 Å². The highest BCUT2D eigenvalue weighted by molar-refractivity contribution is 7.92. The summed E-state index contributed by atoms with van der Waals surface area (Å²) in [6.45, 7) is 3.14. The Morgan fingerprint density at radius 1 is 0.974 bits per heavy atom. The van der Waals surface area contributed by atoms with E-state index in [0.717, 1.165) is 15.4 Å². The molecule has 0 unspecified atom stereocenters. The Morgan fingerprint density at radius 3 is 2.13 bits per heavy atom. The molecule has 1 atom stereocenters. The SMILES string of the molecule is CC[C@@H](C(=O)NC)N(Cc1ccccc1C)C(=O)CN(c1ccc([N+](=O)[O-])cc1)S(=O)(=O)c1ccccc1. The zero-order chi connectivity index (χ0) is 27.9. The molecule has 0 bridgehead atoms. The number of hydrogen-bond donors (Lipinski definition) is 1. The lowest BCUT2D eigenvalue weighted by Gasteiger charge is -2.33. The number of hydrogen-bond acceptors (Lipinski definition) is 6. The summed E-state index contributed by atoms with van der Waals surface area (Å²) in [5, 5.41) is 13.7. The maximum atomic E-state index is 13.8. The highest BCUT2D eigenvalue weighted by Gasteiger charge is 2.33. The van der Waals surface area contributed by atoms with Crippen LogP contribution in [0.25, 0.3) is 0 Å². The quantitative estimate of drug-likeness (QED) is 0.293. The van der Waals surface area contributed by atoms with Gasteiger partial charge in [-0.25, -0.2) is 8.42 Å². The van der Waals surface area contributed by atoms with Gasteiger partial charge in [0.15, 0.2) is 0 Å². The summed E-state index contributed by atoms with van der Waals surface area (Å²) in [7, 11) is -2.76. The van der Waals surface area contributed by atoms with Crippen molar-refractivity contribution >= 4 is 33.2 Å². The van der Waals surface area contributed by atoms with E-state index in [4.69, 9.17) is 0 Å². The maximum absolute atomic E-state index is 13.8. The third-order valence-electron chi connectivity index (χ3n) is 6.19. The third-order valence-corrected chi connectivity index (χ3v) is 7.98. The predicted octanol–water partition coefficient (Wildman–Crippen LogP) is 3.65. The van der Waals surface area contributed by atoms with Crippen LogP contribution in [0.4, 0.5) is 11.4 Å². The van der Waals surface area contributed by atoms with Gasteiger partial charge in [-0.2, -0.15) is 0 Å². The largest absolute Gasteiger partial charge is 0.357 e. The first-order valence-corrected chi connectivity index (χ1v) is 13.4. The number of sulfonamides is 1. The van der Waals surface area contributed by atoms with E-state index in [1.807, 2.05) is 31.2 Å². The van der Waals surface area contributed by atoms with E-state index in [0.29, 0.717) is 6.42 Å². The first-order chi connectivity index (χ1) is 18.1. The molecule has 0 saturated heterocycles. The van der Waals surface area contributed by atoms with Crippen LogP contribution in [-0.2, 0) is 26.2 Å². The van der Waals surface area contributed by atoms with Gasteiger partial charge in [0.1, 0.15) is 12.6 Å². The van der Waals surface area contributed by atoms with Crippen molar-refractivity contribution in [2.45, 2.75) is 37.8 Å². The molecule has 0 aliphatic carbocycles. The number of amides is 2. The molecule has 10 nitrogen and oxygen atoms in total. The van der Waals surface area contributed by atoms with Crippen molar-refractivity contribution < 1.29 is 22.9 Å². The number of nitro benzene ring substituents is 1. The molecule has 0 aliphatic heterocycles. The minimum Gasteiger partial charge on any atom is -0.357 e. The van der Waals surface area contributed by atoms with Gasteiger partial charge in [-0.15, -0.1) is 0 Å². The van der Waals surface area contributed by atoms with E-state index in [-0.39, 0.29) is 28.7 Å². The van der Waals surface area contributed by atoms with Crippen molar-refractivity contribution in [2.75, 3.05) is 17.9 Å². The Hall–Kier alpha value is -4.25. The normalized spacial score (nSPS) is 11.9. The average Bonchev–Trinajstić information content (AvgIpc) is 2.92. The maximum Gasteiger partial charge on any atom is 0.269 e. The first-order valence-electron chi connectivity index (χ1n) is 12.0. The van der Waals surface area contributed by atoms with Crippen LogP contribution in [0.3, 0.4) is 0 Å². The Balaban J connectivity index is 2.08.